The highest BCUT2D eigenvalue weighted by Crippen LogP contribution is 2.29. The summed E-state index contributed by atoms with van der Waals surface area (Å²) in [4.78, 5) is 39.8. The molecular formula is C19H12ClN3O4S. The molecule has 2 N–H and O–H groups in total. The number of imide groups is 1. The first-order valence-corrected chi connectivity index (χ1v) is 9.34. The fourth-order valence-electron chi connectivity index (χ4n) is 2.65. The topological polar surface area (TPSA) is 101 Å². The van der Waals surface area contributed by atoms with Gasteiger partial charge in [-0.2, -0.15) is 0 Å². The van der Waals surface area contributed by atoms with Crippen LogP contribution in [-0.2, 0) is 11.3 Å². The van der Waals surface area contributed by atoms with E-state index in [-0.39, 0.29) is 16.4 Å². The number of pyridine rings is 1. The van der Waals surface area contributed by atoms with Gasteiger partial charge in [-0.15, -0.1) is 0 Å². The van der Waals surface area contributed by atoms with Gasteiger partial charge in [-0.3, -0.25) is 24.7 Å². The van der Waals surface area contributed by atoms with Gasteiger partial charge in [-0.25, -0.2) is 0 Å². The molecule has 3 heterocycles. The van der Waals surface area contributed by atoms with Gasteiger partial charge >= 0.3 is 0 Å². The Morgan fingerprint density at radius 2 is 2.04 bits per heavy atom. The number of carbonyl (C=O) groups excluding carboxylic acids is 3. The molecule has 0 radical (unpaired) electrons. The van der Waals surface area contributed by atoms with Crippen molar-refractivity contribution in [3.63, 3.8) is 0 Å². The third-order valence-corrected chi connectivity index (χ3v) is 5.03. The van der Waals surface area contributed by atoms with Crippen molar-refractivity contribution in [2.24, 2.45) is 0 Å². The third-order valence-electron chi connectivity index (χ3n) is 3.97. The summed E-state index contributed by atoms with van der Waals surface area (Å²) >= 11 is 6.65. The summed E-state index contributed by atoms with van der Waals surface area (Å²) in [7, 11) is 0. The molecular weight excluding hydrogens is 402 g/mol. The Labute approximate surface area is 168 Å². The number of amides is 3. The first-order valence-electron chi connectivity index (χ1n) is 8.14. The molecule has 1 aliphatic heterocycles. The summed E-state index contributed by atoms with van der Waals surface area (Å²) in [5, 5.41) is 5.79. The molecule has 0 atom stereocenters. The number of furan rings is 1. The minimum absolute atomic E-state index is 0.228. The van der Waals surface area contributed by atoms with Gasteiger partial charge in [-0.05, 0) is 35.5 Å². The number of fused-ring (bicyclic) bond motifs is 1. The smallest absolute Gasteiger partial charge is 0.290 e. The van der Waals surface area contributed by atoms with Gasteiger partial charge in [0.1, 0.15) is 11.3 Å². The Morgan fingerprint density at radius 3 is 2.75 bits per heavy atom. The van der Waals surface area contributed by atoms with Crippen molar-refractivity contribution in [1.29, 1.82) is 0 Å². The maximum atomic E-state index is 12.6. The van der Waals surface area contributed by atoms with Crippen molar-refractivity contribution in [2.45, 2.75) is 6.54 Å². The molecule has 1 fully saturated rings. The normalized spacial score (nSPS) is 15.2. The van der Waals surface area contributed by atoms with Crippen LogP contribution in [0.3, 0.4) is 0 Å². The second-order valence-electron chi connectivity index (χ2n) is 5.92. The predicted molar refractivity (Wildman–Crippen MR) is 106 cm³/mol. The zero-order valence-corrected chi connectivity index (χ0v) is 15.8. The molecule has 0 saturated carbocycles. The number of hydrogen-bond donors (Lipinski definition) is 2. The minimum atomic E-state index is -0.477. The van der Waals surface area contributed by atoms with Crippen LogP contribution in [0, 0.1) is 0 Å². The van der Waals surface area contributed by atoms with E-state index in [0.29, 0.717) is 28.3 Å². The summed E-state index contributed by atoms with van der Waals surface area (Å²) in [6, 6.07) is 8.80. The largest absolute Gasteiger partial charge is 0.456 e. The molecule has 1 aromatic carbocycles. The predicted octanol–water partition coefficient (Wildman–Crippen LogP) is 3.74. The molecule has 3 amide bonds. The number of benzene rings is 1. The van der Waals surface area contributed by atoms with Crippen molar-refractivity contribution >= 4 is 57.5 Å². The summed E-state index contributed by atoms with van der Waals surface area (Å²) < 4.78 is 5.73. The van der Waals surface area contributed by atoms with E-state index in [0.717, 1.165) is 17.3 Å². The van der Waals surface area contributed by atoms with Gasteiger partial charge in [0.15, 0.2) is 5.58 Å². The van der Waals surface area contributed by atoms with Crippen LogP contribution in [0.2, 0.25) is 5.02 Å². The van der Waals surface area contributed by atoms with Crippen LogP contribution in [-0.4, -0.2) is 22.0 Å². The second-order valence-corrected chi connectivity index (χ2v) is 7.37. The lowest BCUT2D eigenvalue weighted by Crippen LogP contribution is -2.23. The quantitative estimate of drug-likeness (QED) is 0.632. The summed E-state index contributed by atoms with van der Waals surface area (Å²) in [6.45, 7) is 0.322. The van der Waals surface area contributed by atoms with Crippen LogP contribution in [0.4, 0.5) is 4.79 Å². The van der Waals surface area contributed by atoms with Crippen molar-refractivity contribution in [3.8, 4) is 0 Å². The molecule has 7 nitrogen and oxygen atoms in total. The van der Waals surface area contributed by atoms with E-state index in [2.05, 4.69) is 15.6 Å². The van der Waals surface area contributed by atoms with Crippen LogP contribution in [0.1, 0.15) is 21.7 Å². The number of rotatable bonds is 4. The van der Waals surface area contributed by atoms with Gasteiger partial charge in [0.2, 0.25) is 0 Å². The molecule has 4 rings (SSSR count). The number of carbonyl (C=O) groups is 3. The zero-order valence-electron chi connectivity index (χ0n) is 14.2. The number of aromatic nitrogens is 1. The molecule has 0 spiro atoms. The van der Waals surface area contributed by atoms with Crippen LogP contribution in [0.5, 0.6) is 0 Å². The molecule has 2 aromatic heterocycles. The van der Waals surface area contributed by atoms with Crippen molar-refractivity contribution in [1.82, 2.24) is 15.6 Å². The van der Waals surface area contributed by atoms with Crippen LogP contribution >= 0.6 is 23.4 Å². The van der Waals surface area contributed by atoms with Crippen molar-refractivity contribution in [3.05, 3.63) is 69.5 Å². The lowest BCUT2D eigenvalue weighted by molar-refractivity contribution is -0.115. The Kier molecular flexibility index (Phi) is 4.89. The Hall–Kier alpha value is -3.10. The lowest BCUT2D eigenvalue weighted by Gasteiger charge is -2.05. The van der Waals surface area contributed by atoms with E-state index >= 15 is 0 Å². The molecule has 1 aliphatic rings. The van der Waals surface area contributed by atoms with E-state index < -0.39 is 11.1 Å². The van der Waals surface area contributed by atoms with Gasteiger partial charge < -0.3 is 9.73 Å². The average molecular weight is 414 g/mol. The van der Waals surface area contributed by atoms with E-state index in [1.807, 2.05) is 12.1 Å². The van der Waals surface area contributed by atoms with E-state index in [9.17, 15) is 14.4 Å². The molecule has 0 unspecified atom stereocenters. The van der Waals surface area contributed by atoms with Crippen LogP contribution in [0.25, 0.3) is 17.0 Å². The maximum Gasteiger partial charge on any atom is 0.290 e. The summed E-state index contributed by atoms with van der Waals surface area (Å²) in [6.07, 6.45) is 4.44. The van der Waals surface area contributed by atoms with Crippen LogP contribution < -0.4 is 10.6 Å². The molecule has 1 saturated heterocycles. The van der Waals surface area contributed by atoms with Gasteiger partial charge in [0, 0.05) is 35.4 Å². The van der Waals surface area contributed by atoms with Crippen molar-refractivity contribution in [2.75, 3.05) is 0 Å². The standard InChI is InChI=1S/C19H12ClN3O4S/c20-12-3-1-10(2-4-12)7-22-17(24)14-9-21-8-11-5-13(27-16(11)14)6-15-18(25)23-19(26)28-15/h1-6,8-9H,7H2,(H,22,24)(H,23,25,26)/b15-6+. The van der Waals surface area contributed by atoms with Gasteiger partial charge in [0.05, 0.1) is 4.91 Å². The number of halogens is 1. The highest BCUT2D eigenvalue weighted by Gasteiger charge is 2.25. The number of thioether (sulfide) groups is 1. The molecule has 3 aromatic rings. The average Bonchev–Trinajstić information content (AvgIpc) is 3.22. The Balaban J connectivity index is 1.57. The fourth-order valence-corrected chi connectivity index (χ4v) is 3.43. The molecule has 0 bridgehead atoms. The monoisotopic (exact) mass is 413 g/mol. The first-order chi connectivity index (χ1) is 13.5. The minimum Gasteiger partial charge on any atom is -0.456 e. The Morgan fingerprint density at radius 1 is 1.25 bits per heavy atom. The van der Waals surface area contributed by atoms with Gasteiger partial charge in [0.25, 0.3) is 17.1 Å². The second kappa shape index (κ2) is 7.49. The Bertz CT molecular complexity index is 1140. The lowest BCUT2D eigenvalue weighted by atomic mass is 10.2. The summed E-state index contributed by atoms with van der Waals surface area (Å²) in [5.41, 5.74) is 1.53. The summed E-state index contributed by atoms with van der Waals surface area (Å²) in [5.74, 6) is -0.471. The van der Waals surface area contributed by atoms with E-state index in [4.69, 9.17) is 16.0 Å². The molecule has 0 aliphatic carbocycles. The first kappa shape index (κ1) is 18.3. The van der Waals surface area contributed by atoms with E-state index in [1.165, 1.54) is 12.3 Å². The third kappa shape index (κ3) is 3.78. The van der Waals surface area contributed by atoms with Crippen LogP contribution in [0.15, 0.2) is 52.0 Å². The highest BCUT2D eigenvalue weighted by atomic mass is 35.5. The fraction of sp³-hybridized carbons (Fsp3) is 0.0526. The number of nitrogens with zero attached hydrogens (tertiary/aromatic N) is 1. The van der Waals surface area contributed by atoms with Gasteiger partial charge in [-0.1, -0.05) is 23.7 Å². The maximum absolute atomic E-state index is 12.6. The SMILES string of the molecule is O=C1NC(=O)/C(=C\c2cc3cncc(C(=O)NCc4ccc(Cl)cc4)c3o2)S1. The number of nitrogens with one attached hydrogen (secondary N) is 2. The van der Waals surface area contributed by atoms with E-state index in [1.54, 1.807) is 24.4 Å². The molecule has 9 heteroatoms. The van der Waals surface area contributed by atoms with Crippen molar-refractivity contribution < 1.29 is 18.8 Å². The highest BCUT2D eigenvalue weighted by molar-refractivity contribution is 8.18. The zero-order chi connectivity index (χ0) is 19.7. The number of hydrogen-bond acceptors (Lipinski definition) is 6. The molecule has 140 valence electrons. The molecule has 28 heavy (non-hydrogen) atoms.